The molecule has 0 spiro atoms. The summed E-state index contributed by atoms with van der Waals surface area (Å²) in [6, 6.07) is 29.2. The number of benzene rings is 4. The van der Waals surface area contributed by atoms with Crippen LogP contribution >= 0.6 is 0 Å². The molecule has 0 saturated heterocycles. The molecule has 0 fully saturated rings. The van der Waals surface area contributed by atoms with Gasteiger partial charge in [-0.25, -0.2) is 0 Å². The molecular weight excluding hydrogens is 653 g/mol. The van der Waals surface area contributed by atoms with E-state index in [1.54, 1.807) is 22.3 Å². The molecule has 0 amide bonds. The van der Waals surface area contributed by atoms with Crippen molar-refractivity contribution in [1.82, 2.24) is 0 Å². The molecule has 0 aliphatic heterocycles. The Balaban J connectivity index is 1.50. The van der Waals surface area contributed by atoms with E-state index in [9.17, 15) is 0 Å². The second-order valence-corrected chi connectivity index (χ2v) is 25.8. The van der Waals surface area contributed by atoms with Crippen LogP contribution in [0.4, 0.5) is 0 Å². The smallest absolute Gasteiger partial charge is 0.0679 e. The molecule has 53 heavy (non-hydrogen) atoms. The fourth-order valence-electron chi connectivity index (χ4n) is 9.27. The van der Waals surface area contributed by atoms with E-state index >= 15 is 0 Å². The second kappa shape index (κ2) is 13.4. The molecule has 0 aromatic heterocycles. The van der Waals surface area contributed by atoms with Gasteiger partial charge in [0.25, 0.3) is 0 Å². The third-order valence-corrected chi connectivity index (χ3v) is 16.9. The summed E-state index contributed by atoms with van der Waals surface area (Å²) in [5.74, 6) is 0. The van der Waals surface area contributed by atoms with E-state index in [0.717, 1.165) is 12.8 Å². The maximum atomic E-state index is 2.70. The third kappa shape index (κ3) is 7.25. The molecule has 4 aromatic rings. The Morgan fingerprint density at radius 1 is 0.453 bits per heavy atom. The Bertz CT molecular complexity index is 1890. The van der Waals surface area contributed by atoms with Crippen molar-refractivity contribution in [3.05, 3.63) is 128 Å². The molecular formula is C52H68Si. The molecule has 0 N–H and O–H groups in total. The maximum Gasteiger partial charge on any atom is 0.0722 e. The lowest BCUT2D eigenvalue weighted by Crippen LogP contribution is -2.42. The molecule has 1 heteroatoms. The standard InChI is InChI=1S/C52H68Si/c1-17-33-29-45-41(35-25-37(49(3,4)5)31-38(26-35)50(6,7)8)21-19-23-43(45)47(33)53(15,16)48-34(18-2)30-46-42(22-20-24-44(46)48)36-27-39(51(9,10)11)32-40(28-36)52(12,13)14/h19-32,47-48H,17-18H2,1-16H3. The van der Waals surface area contributed by atoms with Crippen LogP contribution in [0.15, 0.2) is 83.9 Å². The number of rotatable bonds is 6. The lowest BCUT2D eigenvalue weighted by molar-refractivity contribution is 0.568. The average molecular weight is 721 g/mol. The minimum atomic E-state index is -2.06. The quantitative estimate of drug-likeness (QED) is 0.174. The minimum Gasteiger partial charge on any atom is -0.0679 e. The zero-order valence-corrected chi connectivity index (χ0v) is 37.2. The molecule has 280 valence electrons. The van der Waals surface area contributed by atoms with Crippen LogP contribution in [0.3, 0.4) is 0 Å². The first-order valence-electron chi connectivity index (χ1n) is 20.5. The highest BCUT2D eigenvalue weighted by Gasteiger charge is 2.48. The van der Waals surface area contributed by atoms with Gasteiger partial charge in [0, 0.05) is 11.1 Å². The molecule has 0 nitrogen and oxygen atoms in total. The van der Waals surface area contributed by atoms with Crippen molar-refractivity contribution in [2.45, 2.75) is 156 Å². The van der Waals surface area contributed by atoms with Gasteiger partial charge < -0.3 is 0 Å². The molecule has 2 aliphatic carbocycles. The van der Waals surface area contributed by atoms with Gasteiger partial charge in [0.2, 0.25) is 0 Å². The molecule has 0 radical (unpaired) electrons. The normalized spacial score (nSPS) is 17.8. The highest BCUT2D eigenvalue weighted by atomic mass is 28.3. The number of allylic oxidation sites excluding steroid dienone is 2. The van der Waals surface area contributed by atoms with E-state index in [4.69, 9.17) is 0 Å². The zero-order valence-electron chi connectivity index (χ0n) is 36.2. The summed E-state index contributed by atoms with van der Waals surface area (Å²) in [7, 11) is -2.06. The van der Waals surface area contributed by atoms with E-state index in [1.807, 2.05) is 0 Å². The SMILES string of the molecule is CCC1=Cc2c(-c3cc(C(C)(C)C)cc(C(C)(C)C)c3)cccc2C1[Si](C)(C)C1C(CC)=Cc2c(-c3cc(C(C)(C)C)cc(C(C)(C)C)c3)cccc21. The first-order valence-corrected chi connectivity index (χ1v) is 23.6. The Kier molecular flexibility index (Phi) is 9.93. The van der Waals surface area contributed by atoms with E-state index in [-0.39, 0.29) is 21.7 Å². The summed E-state index contributed by atoms with van der Waals surface area (Å²) in [6.07, 6.45) is 7.39. The van der Waals surface area contributed by atoms with Crippen LogP contribution in [-0.2, 0) is 21.7 Å². The van der Waals surface area contributed by atoms with Gasteiger partial charge in [0.15, 0.2) is 0 Å². The van der Waals surface area contributed by atoms with Gasteiger partial charge >= 0.3 is 0 Å². The number of hydrogen-bond donors (Lipinski definition) is 0. The topological polar surface area (TPSA) is 0 Å². The maximum absolute atomic E-state index is 2.70. The van der Waals surface area contributed by atoms with Crippen molar-refractivity contribution >= 4 is 20.2 Å². The van der Waals surface area contributed by atoms with E-state index < -0.39 is 8.07 Å². The molecule has 0 bridgehead atoms. The van der Waals surface area contributed by atoms with Crippen LogP contribution in [-0.4, -0.2) is 8.07 Å². The van der Waals surface area contributed by atoms with E-state index in [2.05, 4.69) is 195 Å². The van der Waals surface area contributed by atoms with Crippen molar-refractivity contribution in [3.8, 4) is 22.3 Å². The average Bonchev–Trinajstić information content (AvgIpc) is 3.66. The fraction of sp³-hybridized carbons (Fsp3) is 0.462. The molecule has 0 saturated carbocycles. The summed E-state index contributed by atoms with van der Waals surface area (Å²) in [6.45, 7) is 38.4. The summed E-state index contributed by atoms with van der Waals surface area (Å²) < 4.78 is 0. The zero-order chi connectivity index (χ0) is 39.1. The first kappa shape index (κ1) is 39.3. The largest absolute Gasteiger partial charge is 0.0722 e. The van der Waals surface area contributed by atoms with Gasteiger partial charge in [0.1, 0.15) is 0 Å². The summed E-state index contributed by atoms with van der Waals surface area (Å²) >= 11 is 0. The molecule has 2 unspecified atom stereocenters. The molecule has 2 aliphatic rings. The van der Waals surface area contributed by atoms with Gasteiger partial charge in [-0.15, -0.1) is 0 Å². The fourth-order valence-corrected chi connectivity index (χ4v) is 14.2. The molecule has 2 atom stereocenters. The van der Waals surface area contributed by atoms with Gasteiger partial charge in [-0.05, 0) is 101 Å². The summed E-state index contributed by atoms with van der Waals surface area (Å²) in [5.41, 5.74) is 21.7. The van der Waals surface area contributed by atoms with Crippen LogP contribution in [0.2, 0.25) is 13.1 Å². The van der Waals surface area contributed by atoms with Crippen molar-refractivity contribution in [2.24, 2.45) is 0 Å². The first-order chi connectivity index (χ1) is 24.5. The van der Waals surface area contributed by atoms with Crippen molar-refractivity contribution in [2.75, 3.05) is 0 Å². The lowest BCUT2D eigenvalue weighted by Gasteiger charge is -2.40. The third-order valence-electron chi connectivity index (χ3n) is 12.6. The van der Waals surface area contributed by atoms with E-state index in [1.165, 1.54) is 55.6 Å². The van der Waals surface area contributed by atoms with Crippen molar-refractivity contribution in [1.29, 1.82) is 0 Å². The van der Waals surface area contributed by atoms with E-state index in [0.29, 0.717) is 11.1 Å². The van der Waals surface area contributed by atoms with Crippen LogP contribution < -0.4 is 0 Å². The summed E-state index contributed by atoms with van der Waals surface area (Å²) in [4.78, 5) is 0. The Labute approximate surface area is 325 Å². The highest BCUT2D eigenvalue weighted by Crippen LogP contribution is 2.56. The second-order valence-electron chi connectivity index (χ2n) is 21.0. The molecule has 6 rings (SSSR count). The Morgan fingerprint density at radius 2 is 0.755 bits per heavy atom. The minimum absolute atomic E-state index is 0.0792. The van der Waals surface area contributed by atoms with Crippen LogP contribution in [0.5, 0.6) is 0 Å². The predicted octanol–water partition coefficient (Wildman–Crippen LogP) is 15.5. The van der Waals surface area contributed by atoms with Crippen LogP contribution in [0, 0.1) is 0 Å². The Morgan fingerprint density at radius 3 is 1.02 bits per heavy atom. The van der Waals surface area contributed by atoms with Gasteiger partial charge in [-0.3, -0.25) is 0 Å². The Hall–Kier alpha value is -3.42. The number of hydrogen-bond acceptors (Lipinski definition) is 0. The van der Waals surface area contributed by atoms with Crippen molar-refractivity contribution < 1.29 is 0 Å². The monoisotopic (exact) mass is 721 g/mol. The van der Waals surface area contributed by atoms with Gasteiger partial charge in [-0.2, -0.15) is 0 Å². The highest BCUT2D eigenvalue weighted by molar-refractivity contribution is 6.81. The van der Waals surface area contributed by atoms with Crippen LogP contribution in [0.1, 0.15) is 165 Å². The number of fused-ring (bicyclic) bond motifs is 2. The van der Waals surface area contributed by atoms with Crippen LogP contribution in [0.25, 0.3) is 34.4 Å². The predicted molar refractivity (Wildman–Crippen MR) is 238 cm³/mol. The van der Waals surface area contributed by atoms with Crippen molar-refractivity contribution in [3.63, 3.8) is 0 Å². The van der Waals surface area contributed by atoms with Gasteiger partial charge in [-0.1, -0.05) is 206 Å². The molecule has 0 heterocycles. The lowest BCUT2D eigenvalue weighted by atomic mass is 9.78. The van der Waals surface area contributed by atoms with Gasteiger partial charge in [0.05, 0.1) is 8.07 Å². The summed E-state index contributed by atoms with van der Waals surface area (Å²) in [5, 5.41) is 0. The molecule has 4 aromatic carbocycles.